The van der Waals surface area contributed by atoms with E-state index < -0.39 is 5.91 Å². The van der Waals surface area contributed by atoms with Crippen LogP contribution < -0.4 is 10.6 Å². The van der Waals surface area contributed by atoms with Crippen molar-refractivity contribution < 1.29 is 14.0 Å². The smallest absolute Gasteiger partial charge is 0.266 e. The van der Waals surface area contributed by atoms with Gasteiger partial charge in [-0.3, -0.25) is 9.59 Å². The molecular formula is C26H22N4O3. The molecule has 4 aromatic rings. The Kier molecular flexibility index (Phi) is 6.37. The first-order chi connectivity index (χ1) is 16.0. The molecule has 2 amide bonds. The van der Waals surface area contributed by atoms with Gasteiger partial charge in [-0.25, -0.2) is 0 Å². The summed E-state index contributed by atoms with van der Waals surface area (Å²) in [6.45, 7) is 2.32. The second kappa shape index (κ2) is 9.71. The van der Waals surface area contributed by atoms with Crippen LogP contribution in [-0.2, 0) is 22.7 Å². The van der Waals surface area contributed by atoms with Crippen molar-refractivity contribution in [2.75, 3.05) is 5.32 Å². The number of benzene rings is 2. The zero-order chi connectivity index (χ0) is 23.2. The zero-order valence-electron chi connectivity index (χ0n) is 18.0. The second-order valence-electron chi connectivity index (χ2n) is 7.58. The fourth-order valence-corrected chi connectivity index (χ4v) is 3.56. The van der Waals surface area contributed by atoms with Gasteiger partial charge in [-0.05, 0) is 48.9 Å². The van der Waals surface area contributed by atoms with Gasteiger partial charge in [0.05, 0.1) is 12.8 Å². The second-order valence-corrected chi connectivity index (χ2v) is 7.58. The first kappa shape index (κ1) is 21.7. The van der Waals surface area contributed by atoms with Crippen molar-refractivity contribution in [1.29, 1.82) is 5.26 Å². The van der Waals surface area contributed by atoms with Crippen molar-refractivity contribution in [3.8, 4) is 6.07 Å². The summed E-state index contributed by atoms with van der Waals surface area (Å²) in [5.41, 5.74) is 3.11. The Morgan fingerprint density at radius 2 is 1.97 bits per heavy atom. The highest BCUT2D eigenvalue weighted by Crippen LogP contribution is 2.24. The first-order valence-electron chi connectivity index (χ1n) is 10.4. The lowest BCUT2D eigenvalue weighted by atomic mass is 10.1. The van der Waals surface area contributed by atoms with Gasteiger partial charge in [-0.2, -0.15) is 5.26 Å². The molecule has 0 unspecified atom stereocenters. The topological polar surface area (TPSA) is 100 Å². The Morgan fingerprint density at radius 1 is 1.12 bits per heavy atom. The van der Waals surface area contributed by atoms with Gasteiger partial charge in [0.2, 0.25) is 5.91 Å². The Bertz CT molecular complexity index is 1370. The molecule has 7 heteroatoms. The van der Waals surface area contributed by atoms with Crippen LogP contribution in [0.3, 0.4) is 0 Å². The van der Waals surface area contributed by atoms with Crippen LogP contribution in [0.15, 0.2) is 83.1 Å². The molecular weight excluding hydrogens is 416 g/mol. The van der Waals surface area contributed by atoms with Crippen molar-refractivity contribution in [3.63, 3.8) is 0 Å². The molecule has 0 spiro atoms. The summed E-state index contributed by atoms with van der Waals surface area (Å²) in [7, 11) is 0. The van der Waals surface area contributed by atoms with Crippen LogP contribution in [0.1, 0.15) is 16.9 Å². The van der Waals surface area contributed by atoms with E-state index in [1.165, 1.54) is 0 Å². The number of para-hydroxylation sites is 1. The number of nitrogens with one attached hydrogen (secondary N) is 2. The summed E-state index contributed by atoms with van der Waals surface area (Å²) >= 11 is 0. The van der Waals surface area contributed by atoms with E-state index in [9.17, 15) is 14.9 Å². The van der Waals surface area contributed by atoms with E-state index in [-0.39, 0.29) is 18.0 Å². The molecule has 0 saturated heterocycles. The maximum absolute atomic E-state index is 12.7. The van der Waals surface area contributed by atoms with Gasteiger partial charge in [0.15, 0.2) is 0 Å². The molecule has 0 aliphatic rings. The normalized spacial score (nSPS) is 11.2. The van der Waals surface area contributed by atoms with Crippen molar-refractivity contribution in [1.82, 2.24) is 9.88 Å². The van der Waals surface area contributed by atoms with Crippen molar-refractivity contribution >= 4 is 34.5 Å². The Balaban J connectivity index is 1.56. The van der Waals surface area contributed by atoms with Crippen LogP contribution in [-0.4, -0.2) is 16.4 Å². The van der Waals surface area contributed by atoms with Crippen LogP contribution in [0.4, 0.5) is 5.69 Å². The van der Waals surface area contributed by atoms with Crippen molar-refractivity contribution in [2.24, 2.45) is 0 Å². The fourth-order valence-electron chi connectivity index (χ4n) is 3.56. The summed E-state index contributed by atoms with van der Waals surface area (Å²) < 4.78 is 7.04. The van der Waals surface area contributed by atoms with Gasteiger partial charge >= 0.3 is 0 Å². The summed E-state index contributed by atoms with van der Waals surface area (Å²) in [4.78, 5) is 25.2. The number of nitrogens with zero attached hydrogens (tertiary/aromatic N) is 2. The molecule has 0 saturated carbocycles. The number of rotatable bonds is 7. The molecule has 0 aliphatic carbocycles. The summed E-state index contributed by atoms with van der Waals surface area (Å²) in [6.07, 6.45) is 4.88. The number of aryl methyl sites for hydroxylation is 1. The molecule has 0 aliphatic heterocycles. The summed E-state index contributed by atoms with van der Waals surface area (Å²) in [6, 6.07) is 20.5. The van der Waals surface area contributed by atoms with E-state index in [1.54, 1.807) is 41.3 Å². The van der Waals surface area contributed by atoms with E-state index in [4.69, 9.17) is 4.42 Å². The van der Waals surface area contributed by atoms with Crippen molar-refractivity contribution in [2.45, 2.75) is 20.0 Å². The first-order valence-corrected chi connectivity index (χ1v) is 10.4. The average Bonchev–Trinajstić information content (AvgIpc) is 3.44. The van der Waals surface area contributed by atoms with Gasteiger partial charge in [-0.1, -0.05) is 30.3 Å². The predicted octanol–water partition coefficient (Wildman–Crippen LogP) is 4.40. The number of hydrogen-bond donors (Lipinski definition) is 2. The number of carbonyl (C=O) groups excluding carboxylic acids is 2. The van der Waals surface area contributed by atoms with Gasteiger partial charge in [-0.15, -0.1) is 0 Å². The van der Waals surface area contributed by atoms with Crippen LogP contribution in [0.2, 0.25) is 0 Å². The summed E-state index contributed by atoms with van der Waals surface area (Å²) in [5, 5.41) is 16.0. The molecule has 0 fully saturated rings. The number of amides is 2. The van der Waals surface area contributed by atoms with E-state index in [2.05, 4.69) is 10.6 Å². The minimum atomic E-state index is -0.490. The lowest BCUT2D eigenvalue weighted by molar-refractivity contribution is -0.121. The number of nitriles is 1. The molecule has 0 atom stereocenters. The largest absolute Gasteiger partial charge is 0.467 e. The number of furan rings is 1. The molecule has 2 aromatic carbocycles. The van der Waals surface area contributed by atoms with E-state index in [1.807, 2.05) is 55.5 Å². The molecule has 0 bridgehead atoms. The minimum absolute atomic E-state index is 0.0262. The van der Waals surface area contributed by atoms with Crippen LogP contribution in [0.25, 0.3) is 17.0 Å². The number of anilines is 1. The predicted molar refractivity (Wildman–Crippen MR) is 126 cm³/mol. The average molecular weight is 438 g/mol. The van der Waals surface area contributed by atoms with E-state index >= 15 is 0 Å². The third-order valence-electron chi connectivity index (χ3n) is 5.11. The lowest BCUT2D eigenvalue weighted by Gasteiger charge is -2.06. The monoisotopic (exact) mass is 438 g/mol. The van der Waals surface area contributed by atoms with Gasteiger partial charge < -0.3 is 19.6 Å². The number of carbonyl (C=O) groups is 2. The highest BCUT2D eigenvalue weighted by Gasteiger charge is 2.14. The third kappa shape index (κ3) is 5.20. The molecule has 2 aromatic heterocycles. The lowest BCUT2D eigenvalue weighted by Crippen LogP contribution is -2.26. The van der Waals surface area contributed by atoms with E-state index in [0.717, 1.165) is 16.5 Å². The molecule has 2 N–H and O–H groups in total. The van der Waals surface area contributed by atoms with E-state index in [0.29, 0.717) is 23.6 Å². The number of fused-ring (bicyclic) bond motifs is 1. The minimum Gasteiger partial charge on any atom is -0.467 e. The highest BCUT2D eigenvalue weighted by molar-refractivity contribution is 6.10. The van der Waals surface area contributed by atoms with Gasteiger partial charge in [0.1, 0.15) is 23.9 Å². The van der Waals surface area contributed by atoms with Crippen LogP contribution >= 0.6 is 0 Å². The maximum atomic E-state index is 12.7. The quantitative estimate of drug-likeness (QED) is 0.330. The third-order valence-corrected chi connectivity index (χ3v) is 5.11. The molecule has 7 nitrogen and oxygen atoms in total. The molecule has 164 valence electrons. The van der Waals surface area contributed by atoms with Gasteiger partial charge in [0, 0.05) is 28.4 Å². The zero-order valence-corrected chi connectivity index (χ0v) is 18.0. The van der Waals surface area contributed by atoms with Crippen LogP contribution in [0, 0.1) is 18.3 Å². The highest BCUT2D eigenvalue weighted by atomic mass is 16.3. The Morgan fingerprint density at radius 3 is 2.73 bits per heavy atom. The van der Waals surface area contributed by atoms with Crippen LogP contribution in [0.5, 0.6) is 0 Å². The number of hydrogen-bond acceptors (Lipinski definition) is 4. The Hall–Kier alpha value is -4.57. The van der Waals surface area contributed by atoms with Crippen molar-refractivity contribution in [3.05, 3.63) is 95.6 Å². The molecule has 0 radical (unpaired) electrons. The molecule has 2 heterocycles. The maximum Gasteiger partial charge on any atom is 0.266 e. The Labute approximate surface area is 190 Å². The summed E-state index contributed by atoms with van der Waals surface area (Å²) in [5.74, 6) is -0.000812. The number of aromatic nitrogens is 1. The molecule has 33 heavy (non-hydrogen) atoms. The SMILES string of the molecule is Cc1cccc(NC(=O)/C(C#N)=C\c2cn(CC(=O)NCc3ccco3)c3ccccc23)c1. The fraction of sp³-hybridized carbons (Fsp3) is 0.115. The molecule has 4 rings (SSSR count). The van der Waals surface area contributed by atoms with Gasteiger partial charge in [0.25, 0.3) is 5.91 Å². The standard InChI is InChI=1S/C26H22N4O3/c1-18-6-4-7-21(12-18)29-26(32)19(14-27)13-20-16-30(24-10-3-2-9-23(20)24)17-25(31)28-15-22-8-5-11-33-22/h2-13,16H,15,17H2,1H3,(H,28,31)(H,29,32)/b19-13-.